The number of quaternary nitrogens is 1. The van der Waals surface area contributed by atoms with Crippen molar-refractivity contribution in [1.82, 2.24) is 10.1 Å². The standard InChI is InChI=1S/C5H9N3O/c1-3(6)5-7-4(2)8-9-5/h3H,6H2,1-2H3/p+1. The van der Waals surface area contributed by atoms with Gasteiger partial charge in [0, 0.05) is 0 Å². The number of rotatable bonds is 1. The summed E-state index contributed by atoms with van der Waals surface area (Å²) in [5.74, 6) is 1.27. The lowest BCUT2D eigenvalue weighted by molar-refractivity contribution is -0.425. The normalized spacial score (nSPS) is 13.7. The Kier molecular flexibility index (Phi) is 1.48. The zero-order valence-corrected chi connectivity index (χ0v) is 5.59. The highest BCUT2D eigenvalue weighted by Gasteiger charge is 2.09. The van der Waals surface area contributed by atoms with Crippen molar-refractivity contribution in [2.75, 3.05) is 0 Å². The summed E-state index contributed by atoms with van der Waals surface area (Å²) in [6.07, 6.45) is 0. The molecule has 0 radical (unpaired) electrons. The molecule has 0 saturated heterocycles. The first-order chi connectivity index (χ1) is 4.20. The molecule has 50 valence electrons. The third-order valence-electron chi connectivity index (χ3n) is 0.965. The average molecular weight is 128 g/mol. The summed E-state index contributed by atoms with van der Waals surface area (Å²) in [5.41, 5.74) is 3.73. The fraction of sp³-hybridized carbons (Fsp3) is 0.600. The highest BCUT2D eigenvalue weighted by molar-refractivity contribution is 4.84. The van der Waals surface area contributed by atoms with Crippen LogP contribution in [-0.2, 0) is 0 Å². The Hall–Kier alpha value is -0.900. The van der Waals surface area contributed by atoms with Crippen LogP contribution in [0.1, 0.15) is 24.7 Å². The van der Waals surface area contributed by atoms with Crippen LogP contribution in [0.25, 0.3) is 0 Å². The van der Waals surface area contributed by atoms with Crippen LogP contribution < -0.4 is 5.73 Å². The van der Waals surface area contributed by atoms with E-state index in [1.165, 1.54) is 0 Å². The summed E-state index contributed by atoms with van der Waals surface area (Å²) in [6.45, 7) is 3.70. The average Bonchev–Trinajstić information content (AvgIpc) is 2.14. The zero-order chi connectivity index (χ0) is 6.85. The highest BCUT2D eigenvalue weighted by Crippen LogP contribution is 2.01. The van der Waals surface area contributed by atoms with Crippen molar-refractivity contribution in [3.63, 3.8) is 0 Å². The minimum atomic E-state index is 0.0891. The molecule has 1 rings (SSSR count). The summed E-state index contributed by atoms with van der Waals surface area (Å²) < 4.78 is 4.80. The van der Waals surface area contributed by atoms with Crippen molar-refractivity contribution in [3.05, 3.63) is 11.7 Å². The first-order valence-corrected chi connectivity index (χ1v) is 2.83. The van der Waals surface area contributed by atoms with Gasteiger partial charge >= 0.3 is 0 Å². The van der Waals surface area contributed by atoms with Crippen LogP contribution in [-0.4, -0.2) is 10.1 Å². The molecule has 1 aromatic rings. The van der Waals surface area contributed by atoms with Gasteiger partial charge in [-0.15, -0.1) is 0 Å². The third-order valence-corrected chi connectivity index (χ3v) is 0.965. The Morgan fingerprint density at radius 2 is 2.33 bits per heavy atom. The van der Waals surface area contributed by atoms with E-state index in [1.54, 1.807) is 6.92 Å². The van der Waals surface area contributed by atoms with E-state index in [0.29, 0.717) is 11.7 Å². The lowest BCUT2D eigenvalue weighted by atomic mass is 10.4. The maximum atomic E-state index is 4.80. The van der Waals surface area contributed by atoms with E-state index in [4.69, 9.17) is 4.52 Å². The Labute approximate surface area is 53.1 Å². The second-order valence-corrected chi connectivity index (χ2v) is 2.08. The van der Waals surface area contributed by atoms with E-state index >= 15 is 0 Å². The van der Waals surface area contributed by atoms with Gasteiger partial charge in [-0.05, 0) is 13.8 Å². The van der Waals surface area contributed by atoms with Gasteiger partial charge in [-0.25, -0.2) is 0 Å². The number of aromatic nitrogens is 2. The molecular weight excluding hydrogens is 118 g/mol. The lowest BCUT2D eigenvalue weighted by Gasteiger charge is -1.88. The van der Waals surface area contributed by atoms with E-state index in [9.17, 15) is 0 Å². The Bertz CT molecular complexity index is 194. The molecule has 1 aromatic heterocycles. The van der Waals surface area contributed by atoms with Crippen LogP contribution in [0.2, 0.25) is 0 Å². The number of aryl methyl sites for hydroxylation is 1. The van der Waals surface area contributed by atoms with E-state index in [0.717, 1.165) is 0 Å². The predicted octanol–water partition coefficient (Wildman–Crippen LogP) is -0.319. The van der Waals surface area contributed by atoms with Crippen LogP contribution in [0.15, 0.2) is 4.52 Å². The molecule has 0 amide bonds. The first-order valence-electron chi connectivity index (χ1n) is 2.83. The largest absolute Gasteiger partial charge is 0.348 e. The monoisotopic (exact) mass is 128 g/mol. The molecule has 3 N–H and O–H groups in total. The number of hydrogen-bond donors (Lipinski definition) is 1. The van der Waals surface area contributed by atoms with E-state index in [1.807, 2.05) is 6.92 Å². The van der Waals surface area contributed by atoms with Gasteiger partial charge in [0.25, 0.3) is 5.89 Å². The maximum absolute atomic E-state index is 4.80. The molecular formula is C5H10N3O+. The summed E-state index contributed by atoms with van der Waals surface area (Å²) in [6, 6.07) is 0.0891. The van der Waals surface area contributed by atoms with E-state index in [-0.39, 0.29) is 6.04 Å². The zero-order valence-electron chi connectivity index (χ0n) is 5.59. The van der Waals surface area contributed by atoms with Crippen molar-refractivity contribution >= 4 is 0 Å². The molecule has 0 aliphatic rings. The van der Waals surface area contributed by atoms with Crippen LogP contribution >= 0.6 is 0 Å². The van der Waals surface area contributed by atoms with Crippen LogP contribution in [0.4, 0.5) is 0 Å². The molecule has 0 aromatic carbocycles. The number of nitrogens with zero attached hydrogens (tertiary/aromatic N) is 2. The molecule has 4 nitrogen and oxygen atoms in total. The molecule has 0 aliphatic heterocycles. The topological polar surface area (TPSA) is 66.6 Å². The first kappa shape index (κ1) is 6.22. The molecule has 0 saturated carbocycles. The Morgan fingerprint density at radius 3 is 2.56 bits per heavy atom. The van der Waals surface area contributed by atoms with E-state index < -0.39 is 0 Å². The van der Waals surface area contributed by atoms with Gasteiger partial charge < -0.3 is 10.3 Å². The van der Waals surface area contributed by atoms with Gasteiger partial charge in [-0.2, -0.15) is 4.98 Å². The summed E-state index contributed by atoms with van der Waals surface area (Å²) in [4.78, 5) is 3.97. The maximum Gasteiger partial charge on any atom is 0.284 e. The molecule has 4 heteroatoms. The molecule has 9 heavy (non-hydrogen) atoms. The summed E-state index contributed by atoms with van der Waals surface area (Å²) in [5, 5.41) is 3.61. The lowest BCUT2D eigenvalue weighted by Crippen LogP contribution is -2.51. The molecule has 0 spiro atoms. The summed E-state index contributed by atoms with van der Waals surface area (Å²) >= 11 is 0. The quantitative estimate of drug-likeness (QED) is 0.563. The molecule has 0 fully saturated rings. The summed E-state index contributed by atoms with van der Waals surface area (Å²) in [7, 11) is 0. The fourth-order valence-electron chi connectivity index (χ4n) is 0.513. The van der Waals surface area contributed by atoms with Gasteiger partial charge in [0.2, 0.25) is 0 Å². The van der Waals surface area contributed by atoms with Gasteiger partial charge in [-0.1, -0.05) is 5.16 Å². The minimum absolute atomic E-state index is 0.0891. The minimum Gasteiger partial charge on any atom is -0.348 e. The van der Waals surface area contributed by atoms with Crippen LogP contribution in [0, 0.1) is 6.92 Å². The van der Waals surface area contributed by atoms with Crippen molar-refractivity contribution < 1.29 is 10.3 Å². The van der Waals surface area contributed by atoms with Gasteiger partial charge in [0.15, 0.2) is 11.9 Å². The van der Waals surface area contributed by atoms with Gasteiger partial charge in [0.1, 0.15) is 0 Å². The SMILES string of the molecule is Cc1noc(C(C)[NH3+])n1. The molecule has 0 bridgehead atoms. The Balaban J connectivity index is 2.85. The molecule has 0 aliphatic carbocycles. The van der Waals surface area contributed by atoms with Crippen molar-refractivity contribution in [2.45, 2.75) is 19.9 Å². The molecule has 1 heterocycles. The predicted molar refractivity (Wildman–Crippen MR) is 30.3 cm³/mol. The van der Waals surface area contributed by atoms with Crippen LogP contribution in [0.3, 0.4) is 0 Å². The molecule has 1 atom stereocenters. The third kappa shape index (κ3) is 1.26. The highest BCUT2D eigenvalue weighted by atomic mass is 16.5. The van der Waals surface area contributed by atoms with Gasteiger partial charge in [0.05, 0.1) is 0 Å². The second kappa shape index (κ2) is 2.14. The van der Waals surface area contributed by atoms with Crippen molar-refractivity contribution in [1.29, 1.82) is 0 Å². The van der Waals surface area contributed by atoms with E-state index in [2.05, 4.69) is 15.9 Å². The van der Waals surface area contributed by atoms with Crippen LogP contribution in [0.5, 0.6) is 0 Å². The Morgan fingerprint density at radius 1 is 1.67 bits per heavy atom. The fourth-order valence-corrected chi connectivity index (χ4v) is 0.513. The van der Waals surface area contributed by atoms with Crippen molar-refractivity contribution in [2.24, 2.45) is 0 Å². The number of hydrogen-bond acceptors (Lipinski definition) is 3. The smallest absolute Gasteiger partial charge is 0.284 e. The van der Waals surface area contributed by atoms with Crippen molar-refractivity contribution in [3.8, 4) is 0 Å². The molecule has 1 unspecified atom stereocenters. The van der Waals surface area contributed by atoms with Gasteiger partial charge in [-0.3, -0.25) is 0 Å². The second-order valence-electron chi connectivity index (χ2n) is 2.08.